The van der Waals surface area contributed by atoms with Crippen LogP contribution < -0.4 is 0 Å². The van der Waals surface area contributed by atoms with Gasteiger partial charge in [0.1, 0.15) is 6.04 Å². The Morgan fingerprint density at radius 3 is 2.62 bits per heavy atom. The van der Waals surface area contributed by atoms with Gasteiger partial charge in [-0.1, -0.05) is 19.8 Å². The minimum atomic E-state index is -0.0714. The average Bonchev–Trinajstić information content (AvgIpc) is 2.31. The van der Waals surface area contributed by atoms with E-state index in [1.807, 2.05) is 6.92 Å². The first kappa shape index (κ1) is 13.5. The molecule has 0 aromatic carbocycles. The lowest BCUT2D eigenvalue weighted by Crippen LogP contribution is -2.48. The molecular weight excluding hydrogens is 206 g/mol. The van der Waals surface area contributed by atoms with Gasteiger partial charge in [0.15, 0.2) is 0 Å². The predicted octanol–water partition coefficient (Wildman–Crippen LogP) is 1.44. The van der Waals surface area contributed by atoms with Gasteiger partial charge in [-0.2, -0.15) is 0 Å². The van der Waals surface area contributed by atoms with Crippen molar-refractivity contribution in [1.82, 2.24) is 4.90 Å². The lowest BCUT2D eigenvalue weighted by Gasteiger charge is -2.32. The van der Waals surface area contributed by atoms with Crippen LogP contribution in [0.15, 0.2) is 0 Å². The third kappa shape index (κ3) is 4.10. The van der Waals surface area contributed by atoms with Crippen molar-refractivity contribution in [2.45, 2.75) is 39.2 Å². The molecule has 1 heterocycles. The smallest absolute Gasteiger partial charge is 0.323 e. The number of carbonyl (C=O) groups is 1. The molecule has 1 unspecified atom stereocenters. The number of esters is 1. The number of unbranched alkanes of at least 4 members (excludes halogenated alkanes) is 1. The summed E-state index contributed by atoms with van der Waals surface area (Å²) in [6.45, 7) is 7.59. The highest BCUT2D eigenvalue weighted by Gasteiger charge is 2.27. The van der Waals surface area contributed by atoms with Crippen molar-refractivity contribution >= 4 is 5.97 Å². The molecule has 0 radical (unpaired) electrons. The molecule has 1 saturated heterocycles. The van der Waals surface area contributed by atoms with Crippen molar-refractivity contribution < 1.29 is 14.3 Å². The van der Waals surface area contributed by atoms with Crippen molar-refractivity contribution in [3.8, 4) is 0 Å². The van der Waals surface area contributed by atoms with E-state index in [-0.39, 0.29) is 12.0 Å². The highest BCUT2D eigenvalue weighted by Crippen LogP contribution is 2.12. The Morgan fingerprint density at radius 1 is 1.38 bits per heavy atom. The predicted molar refractivity (Wildman–Crippen MR) is 62.3 cm³/mol. The summed E-state index contributed by atoms with van der Waals surface area (Å²) >= 11 is 0. The van der Waals surface area contributed by atoms with E-state index >= 15 is 0 Å². The number of hydrogen-bond donors (Lipinski definition) is 0. The minimum absolute atomic E-state index is 0.0659. The van der Waals surface area contributed by atoms with Gasteiger partial charge < -0.3 is 9.47 Å². The Balaban J connectivity index is 2.50. The van der Waals surface area contributed by atoms with Gasteiger partial charge in [-0.15, -0.1) is 0 Å². The van der Waals surface area contributed by atoms with Crippen molar-refractivity contribution in [3.05, 3.63) is 0 Å². The van der Waals surface area contributed by atoms with Gasteiger partial charge in [-0.05, 0) is 13.3 Å². The Bertz CT molecular complexity index is 202. The van der Waals surface area contributed by atoms with Crippen LogP contribution in [0.4, 0.5) is 0 Å². The molecule has 94 valence electrons. The molecule has 0 amide bonds. The molecule has 1 atom stereocenters. The lowest BCUT2D eigenvalue weighted by molar-refractivity contribution is -0.151. The topological polar surface area (TPSA) is 38.8 Å². The van der Waals surface area contributed by atoms with Gasteiger partial charge in [-0.3, -0.25) is 9.69 Å². The SMILES string of the molecule is CCCCC(C(=O)OCC)N1CCOCC1. The van der Waals surface area contributed by atoms with Crippen LogP contribution in [0.2, 0.25) is 0 Å². The Kier molecular flexibility index (Phi) is 6.42. The second-order valence-electron chi connectivity index (χ2n) is 4.06. The Hall–Kier alpha value is -0.610. The summed E-state index contributed by atoms with van der Waals surface area (Å²) < 4.78 is 10.4. The normalized spacial score (nSPS) is 19.4. The maximum Gasteiger partial charge on any atom is 0.323 e. The molecule has 0 spiro atoms. The maximum atomic E-state index is 11.8. The van der Waals surface area contributed by atoms with Crippen LogP contribution in [0, 0.1) is 0 Å². The van der Waals surface area contributed by atoms with E-state index in [0.717, 1.165) is 45.6 Å². The molecule has 0 aromatic rings. The molecular formula is C12H23NO3. The molecule has 4 nitrogen and oxygen atoms in total. The van der Waals surface area contributed by atoms with Gasteiger partial charge in [0.25, 0.3) is 0 Å². The summed E-state index contributed by atoms with van der Waals surface area (Å²) in [5, 5.41) is 0. The zero-order valence-corrected chi connectivity index (χ0v) is 10.4. The van der Waals surface area contributed by atoms with Crippen LogP contribution in [-0.2, 0) is 14.3 Å². The van der Waals surface area contributed by atoms with E-state index in [4.69, 9.17) is 9.47 Å². The van der Waals surface area contributed by atoms with Crippen molar-refractivity contribution in [2.75, 3.05) is 32.9 Å². The highest BCUT2D eigenvalue weighted by molar-refractivity contribution is 5.75. The zero-order chi connectivity index (χ0) is 11.8. The third-order valence-corrected chi connectivity index (χ3v) is 2.88. The monoisotopic (exact) mass is 229 g/mol. The first-order valence-corrected chi connectivity index (χ1v) is 6.28. The number of carbonyl (C=O) groups excluding carboxylic acids is 1. The molecule has 0 N–H and O–H groups in total. The summed E-state index contributed by atoms with van der Waals surface area (Å²) in [6, 6.07) is -0.0659. The van der Waals surface area contributed by atoms with Gasteiger partial charge in [0.2, 0.25) is 0 Å². The van der Waals surface area contributed by atoms with Gasteiger partial charge in [0.05, 0.1) is 19.8 Å². The van der Waals surface area contributed by atoms with Gasteiger partial charge in [-0.25, -0.2) is 0 Å². The highest BCUT2D eigenvalue weighted by atomic mass is 16.5. The number of morpholine rings is 1. The van der Waals surface area contributed by atoms with Crippen molar-refractivity contribution in [2.24, 2.45) is 0 Å². The van der Waals surface area contributed by atoms with Crippen LogP contribution in [0.25, 0.3) is 0 Å². The molecule has 1 aliphatic heterocycles. The summed E-state index contributed by atoms with van der Waals surface area (Å²) in [7, 11) is 0. The summed E-state index contributed by atoms with van der Waals surface area (Å²) in [6.07, 6.45) is 3.08. The van der Waals surface area contributed by atoms with Gasteiger partial charge in [0, 0.05) is 13.1 Å². The van der Waals surface area contributed by atoms with E-state index < -0.39 is 0 Å². The molecule has 0 bridgehead atoms. The Labute approximate surface area is 97.9 Å². The van der Waals surface area contributed by atoms with E-state index in [1.165, 1.54) is 0 Å². The fourth-order valence-electron chi connectivity index (χ4n) is 1.97. The fourth-order valence-corrected chi connectivity index (χ4v) is 1.97. The molecule has 0 aliphatic carbocycles. The van der Waals surface area contributed by atoms with Crippen molar-refractivity contribution in [3.63, 3.8) is 0 Å². The second-order valence-corrected chi connectivity index (χ2v) is 4.06. The summed E-state index contributed by atoms with van der Waals surface area (Å²) in [4.78, 5) is 14.0. The van der Waals surface area contributed by atoms with Crippen LogP contribution in [0.5, 0.6) is 0 Å². The number of ether oxygens (including phenoxy) is 2. The minimum Gasteiger partial charge on any atom is -0.465 e. The standard InChI is InChI=1S/C12H23NO3/c1-3-5-6-11(12(14)16-4-2)13-7-9-15-10-8-13/h11H,3-10H2,1-2H3. The van der Waals surface area contributed by atoms with Crippen LogP contribution in [-0.4, -0.2) is 49.8 Å². The molecule has 1 fully saturated rings. The first-order valence-electron chi connectivity index (χ1n) is 6.28. The molecule has 4 heteroatoms. The van der Waals surface area contributed by atoms with Gasteiger partial charge >= 0.3 is 5.97 Å². The van der Waals surface area contributed by atoms with Crippen LogP contribution in [0.1, 0.15) is 33.1 Å². The largest absolute Gasteiger partial charge is 0.465 e. The van der Waals surface area contributed by atoms with Crippen LogP contribution >= 0.6 is 0 Å². The average molecular weight is 229 g/mol. The molecule has 0 aromatic heterocycles. The number of nitrogens with zero attached hydrogens (tertiary/aromatic N) is 1. The molecule has 0 saturated carbocycles. The second kappa shape index (κ2) is 7.63. The van der Waals surface area contributed by atoms with Crippen molar-refractivity contribution in [1.29, 1.82) is 0 Å². The van der Waals surface area contributed by atoms with E-state index in [0.29, 0.717) is 6.61 Å². The molecule has 1 aliphatic rings. The van der Waals surface area contributed by atoms with E-state index in [9.17, 15) is 4.79 Å². The summed E-state index contributed by atoms with van der Waals surface area (Å²) in [5.74, 6) is -0.0714. The Morgan fingerprint density at radius 2 is 2.06 bits per heavy atom. The number of rotatable bonds is 6. The molecule has 16 heavy (non-hydrogen) atoms. The fraction of sp³-hybridized carbons (Fsp3) is 0.917. The van der Waals surface area contributed by atoms with Crippen LogP contribution in [0.3, 0.4) is 0 Å². The van der Waals surface area contributed by atoms with E-state index in [2.05, 4.69) is 11.8 Å². The maximum absolute atomic E-state index is 11.8. The zero-order valence-electron chi connectivity index (χ0n) is 10.4. The first-order chi connectivity index (χ1) is 7.79. The summed E-state index contributed by atoms with van der Waals surface area (Å²) in [5.41, 5.74) is 0. The van der Waals surface area contributed by atoms with E-state index in [1.54, 1.807) is 0 Å². The number of hydrogen-bond acceptors (Lipinski definition) is 4. The third-order valence-electron chi connectivity index (χ3n) is 2.88. The quantitative estimate of drug-likeness (QED) is 0.646. The lowest BCUT2D eigenvalue weighted by atomic mass is 10.1. The molecule has 1 rings (SSSR count).